The molecule has 134 valence electrons. The van der Waals surface area contributed by atoms with E-state index in [0.717, 1.165) is 4.90 Å². The second-order valence-electron chi connectivity index (χ2n) is 5.99. The van der Waals surface area contributed by atoms with Crippen molar-refractivity contribution in [1.29, 1.82) is 0 Å². The van der Waals surface area contributed by atoms with Gasteiger partial charge in [0.2, 0.25) is 0 Å². The van der Waals surface area contributed by atoms with Gasteiger partial charge < -0.3 is 15.4 Å². The lowest BCUT2D eigenvalue weighted by atomic mass is 9.99. The number of para-hydroxylation sites is 1. The molecule has 1 aromatic rings. The number of urea groups is 1. The third-order valence-corrected chi connectivity index (χ3v) is 4.06. The van der Waals surface area contributed by atoms with Crippen molar-refractivity contribution in [3.63, 3.8) is 0 Å². The summed E-state index contributed by atoms with van der Waals surface area (Å²) in [5.74, 6) is -1.83. The van der Waals surface area contributed by atoms with Crippen LogP contribution in [0.1, 0.15) is 27.2 Å². The van der Waals surface area contributed by atoms with Crippen LogP contribution in [-0.4, -0.2) is 46.9 Å². The summed E-state index contributed by atoms with van der Waals surface area (Å²) in [5.41, 5.74) is -0.448. The number of anilines is 1. The van der Waals surface area contributed by atoms with E-state index in [1.54, 1.807) is 44.2 Å². The molecule has 1 aromatic carbocycles. The Hall–Kier alpha value is -2.90. The number of nitrogens with zero attached hydrogens (tertiary/aromatic N) is 1. The van der Waals surface area contributed by atoms with E-state index in [0.29, 0.717) is 12.1 Å². The molecule has 8 heteroatoms. The fourth-order valence-electron chi connectivity index (χ4n) is 2.31. The molecule has 2 atom stereocenters. The highest BCUT2D eigenvalue weighted by molar-refractivity contribution is 6.08. The number of benzene rings is 1. The number of carbonyl (C=O) groups excluding carboxylic acids is 4. The van der Waals surface area contributed by atoms with Crippen LogP contribution < -0.4 is 10.6 Å². The molecule has 1 aliphatic heterocycles. The minimum Gasteiger partial charge on any atom is -0.451 e. The summed E-state index contributed by atoms with van der Waals surface area (Å²) in [6.45, 7) is 4.23. The number of nitrogens with one attached hydrogen (secondary N) is 2. The van der Waals surface area contributed by atoms with Crippen LogP contribution >= 0.6 is 0 Å². The van der Waals surface area contributed by atoms with Gasteiger partial charge in [-0.05, 0) is 32.4 Å². The van der Waals surface area contributed by atoms with Gasteiger partial charge >= 0.3 is 12.0 Å². The summed E-state index contributed by atoms with van der Waals surface area (Å²) in [7, 11) is 0. The number of amides is 4. The summed E-state index contributed by atoms with van der Waals surface area (Å²) in [6, 6.07) is 8.08. The number of ether oxygens (including phenoxy) is 1. The van der Waals surface area contributed by atoms with Gasteiger partial charge in [0.15, 0.2) is 6.10 Å². The van der Waals surface area contributed by atoms with Gasteiger partial charge in [0, 0.05) is 5.69 Å². The fraction of sp³-hybridized carbons (Fsp3) is 0.412. The van der Waals surface area contributed by atoms with Crippen LogP contribution in [0.4, 0.5) is 10.5 Å². The first-order valence-electron chi connectivity index (χ1n) is 7.96. The van der Waals surface area contributed by atoms with E-state index in [4.69, 9.17) is 4.74 Å². The van der Waals surface area contributed by atoms with E-state index in [-0.39, 0.29) is 0 Å². The summed E-state index contributed by atoms with van der Waals surface area (Å²) in [6.07, 6.45) is -0.662. The highest BCUT2D eigenvalue weighted by atomic mass is 16.5. The monoisotopic (exact) mass is 347 g/mol. The van der Waals surface area contributed by atoms with Crippen LogP contribution in [0.15, 0.2) is 30.3 Å². The molecule has 0 radical (unpaired) electrons. The van der Waals surface area contributed by atoms with E-state index >= 15 is 0 Å². The number of hydrogen-bond donors (Lipinski definition) is 2. The Balaban J connectivity index is 1.90. The Kier molecular flexibility index (Phi) is 5.41. The lowest BCUT2D eigenvalue weighted by Crippen LogP contribution is -2.44. The normalized spacial score (nSPS) is 20.8. The van der Waals surface area contributed by atoms with E-state index in [1.165, 1.54) is 6.92 Å². The predicted octanol–water partition coefficient (Wildman–Crippen LogP) is 1.28. The van der Waals surface area contributed by atoms with Gasteiger partial charge in [-0.3, -0.25) is 19.3 Å². The number of imide groups is 1. The smallest absolute Gasteiger partial charge is 0.327 e. The molecule has 2 N–H and O–H groups in total. The minimum absolute atomic E-state index is 0.402. The maximum absolute atomic E-state index is 12.2. The van der Waals surface area contributed by atoms with Gasteiger partial charge in [-0.25, -0.2) is 4.79 Å². The number of esters is 1. The first-order valence-corrected chi connectivity index (χ1v) is 7.96. The van der Waals surface area contributed by atoms with E-state index in [2.05, 4.69) is 10.6 Å². The summed E-state index contributed by atoms with van der Waals surface area (Å²) in [5, 5.41) is 5.15. The van der Waals surface area contributed by atoms with Crippen molar-refractivity contribution < 1.29 is 23.9 Å². The Bertz CT molecular complexity index is 691. The molecule has 0 aliphatic carbocycles. The molecule has 1 saturated heterocycles. The molecule has 1 heterocycles. The van der Waals surface area contributed by atoms with Crippen LogP contribution in [-0.2, 0) is 19.1 Å². The highest BCUT2D eigenvalue weighted by Gasteiger charge is 2.47. The molecule has 8 nitrogen and oxygen atoms in total. The van der Waals surface area contributed by atoms with Crippen LogP contribution in [0.25, 0.3) is 0 Å². The molecule has 0 saturated carbocycles. The van der Waals surface area contributed by atoms with Gasteiger partial charge in [0.25, 0.3) is 11.8 Å². The number of carbonyl (C=O) groups is 4. The van der Waals surface area contributed by atoms with Gasteiger partial charge in [-0.1, -0.05) is 25.1 Å². The molecular weight excluding hydrogens is 326 g/mol. The van der Waals surface area contributed by atoms with E-state index in [1.807, 2.05) is 0 Å². The number of rotatable bonds is 6. The molecule has 0 aromatic heterocycles. The SMILES string of the molecule is CC[C@@]1(C)NC(=O)N(CC(=O)O[C@H](C)C(=O)Nc2ccccc2)C1=O. The Morgan fingerprint density at radius 3 is 2.48 bits per heavy atom. The van der Waals surface area contributed by atoms with Gasteiger partial charge in [-0.15, -0.1) is 0 Å². The molecular formula is C17H21N3O5. The van der Waals surface area contributed by atoms with Crippen LogP contribution in [0.3, 0.4) is 0 Å². The van der Waals surface area contributed by atoms with Crippen LogP contribution in [0, 0.1) is 0 Å². The molecule has 2 rings (SSSR count). The van der Waals surface area contributed by atoms with Gasteiger partial charge in [0.1, 0.15) is 12.1 Å². The predicted molar refractivity (Wildman–Crippen MR) is 89.6 cm³/mol. The van der Waals surface area contributed by atoms with Crippen molar-refractivity contribution in [1.82, 2.24) is 10.2 Å². The average Bonchev–Trinajstić information content (AvgIpc) is 2.79. The number of hydrogen-bond acceptors (Lipinski definition) is 5. The Labute approximate surface area is 145 Å². The average molecular weight is 347 g/mol. The maximum Gasteiger partial charge on any atom is 0.327 e. The van der Waals surface area contributed by atoms with Crippen molar-refractivity contribution in [2.45, 2.75) is 38.8 Å². The Morgan fingerprint density at radius 2 is 1.92 bits per heavy atom. The summed E-state index contributed by atoms with van der Waals surface area (Å²) in [4.78, 5) is 48.9. The van der Waals surface area contributed by atoms with Crippen LogP contribution in [0.5, 0.6) is 0 Å². The lowest BCUT2D eigenvalue weighted by Gasteiger charge is -2.19. The zero-order valence-corrected chi connectivity index (χ0v) is 14.4. The van der Waals surface area contributed by atoms with Gasteiger partial charge in [0.05, 0.1) is 0 Å². The van der Waals surface area contributed by atoms with E-state index in [9.17, 15) is 19.2 Å². The largest absolute Gasteiger partial charge is 0.451 e. The van der Waals surface area contributed by atoms with Crippen molar-refractivity contribution >= 4 is 29.5 Å². The molecule has 4 amide bonds. The van der Waals surface area contributed by atoms with Crippen molar-refractivity contribution in [3.05, 3.63) is 30.3 Å². The molecule has 0 spiro atoms. The van der Waals surface area contributed by atoms with Crippen molar-refractivity contribution in [3.8, 4) is 0 Å². The summed E-state index contributed by atoms with van der Waals surface area (Å²) >= 11 is 0. The fourth-order valence-corrected chi connectivity index (χ4v) is 2.31. The Morgan fingerprint density at radius 1 is 1.28 bits per heavy atom. The topological polar surface area (TPSA) is 105 Å². The maximum atomic E-state index is 12.2. The minimum atomic E-state index is -1.06. The highest BCUT2D eigenvalue weighted by Crippen LogP contribution is 2.20. The lowest BCUT2D eigenvalue weighted by molar-refractivity contribution is -0.155. The second kappa shape index (κ2) is 7.33. The van der Waals surface area contributed by atoms with E-state index < -0.39 is 42.0 Å². The summed E-state index contributed by atoms with van der Waals surface area (Å²) < 4.78 is 5.02. The first-order chi connectivity index (χ1) is 11.8. The zero-order chi connectivity index (χ0) is 18.6. The van der Waals surface area contributed by atoms with Crippen molar-refractivity contribution in [2.75, 3.05) is 11.9 Å². The van der Waals surface area contributed by atoms with Gasteiger partial charge in [-0.2, -0.15) is 0 Å². The second-order valence-corrected chi connectivity index (χ2v) is 5.99. The molecule has 0 unspecified atom stereocenters. The third kappa shape index (κ3) is 4.14. The molecule has 1 fully saturated rings. The van der Waals surface area contributed by atoms with Crippen molar-refractivity contribution in [2.24, 2.45) is 0 Å². The van der Waals surface area contributed by atoms with Crippen LogP contribution in [0.2, 0.25) is 0 Å². The third-order valence-electron chi connectivity index (χ3n) is 4.06. The quantitative estimate of drug-likeness (QED) is 0.596. The standard InChI is InChI=1S/C17H21N3O5/c1-4-17(3)15(23)20(16(24)19-17)10-13(21)25-11(2)14(22)18-12-8-6-5-7-9-12/h5-9,11H,4,10H2,1-3H3,(H,18,22)(H,19,24)/t11-,17-/m1/s1. The first kappa shape index (κ1) is 18.4. The molecule has 25 heavy (non-hydrogen) atoms. The zero-order valence-electron chi connectivity index (χ0n) is 14.4. The molecule has 1 aliphatic rings. The molecule has 0 bridgehead atoms.